The summed E-state index contributed by atoms with van der Waals surface area (Å²) < 4.78 is 9.56. The normalized spacial score (nSPS) is 17.9. The molecular weight excluding hydrogens is 370 g/mol. The van der Waals surface area contributed by atoms with Crippen LogP contribution in [0.15, 0.2) is 47.6 Å². The average Bonchev–Trinajstić information content (AvgIpc) is 3.19. The number of hydrogen-bond donors (Lipinski definition) is 0. The van der Waals surface area contributed by atoms with Crippen LogP contribution in [0.3, 0.4) is 0 Å². The van der Waals surface area contributed by atoms with Gasteiger partial charge in [0.1, 0.15) is 17.6 Å². The Kier molecular flexibility index (Phi) is 4.49. The van der Waals surface area contributed by atoms with E-state index in [1.165, 1.54) is 9.80 Å². The summed E-state index contributed by atoms with van der Waals surface area (Å²) in [7, 11) is 1.64. The van der Waals surface area contributed by atoms with Gasteiger partial charge in [0, 0.05) is 7.05 Å². The number of benzene rings is 1. The van der Waals surface area contributed by atoms with Crippen molar-refractivity contribution >= 4 is 23.7 Å². The molecule has 1 saturated heterocycles. The molecule has 0 radical (unpaired) electrons. The van der Waals surface area contributed by atoms with Crippen LogP contribution in [0.1, 0.15) is 25.6 Å². The quantitative estimate of drug-likeness (QED) is 0.578. The first-order chi connectivity index (χ1) is 13.8. The zero-order valence-electron chi connectivity index (χ0n) is 17.0. The highest BCUT2D eigenvalue weighted by Crippen LogP contribution is 2.34. The Morgan fingerprint density at radius 1 is 1.31 bits per heavy atom. The lowest BCUT2D eigenvalue weighted by Gasteiger charge is -2.33. The summed E-state index contributed by atoms with van der Waals surface area (Å²) in [6, 6.07) is 6.63. The van der Waals surface area contributed by atoms with Crippen molar-refractivity contribution in [1.82, 2.24) is 14.4 Å². The van der Waals surface area contributed by atoms with Crippen LogP contribution < -0.4 is 9.30 Å². The molecule has 3 amide bonds. The van der Waals surface area contributed by atoms with Crippen molar-refractivity contribution in [3.8, 4) is 11.4 Å². The van der Waals surface area contributed by atoms with Crippen LogP contribution in [0, 0.1) is 6.92 Å². The summed E-state index contributed by atoms with van der Waals surface area (Å²) in [6.07, 6.45) is 1.89. The first-order valence-electron chi connectivity index (χ1n) is 9.52. The maximum atomic E-state index is 13.2. The van der Waals surface area contributed by atoms with E-state index in [4.69, 9.17) is 4.74 Å². The second kappa shape index (κ2) is 6.88. The zero-order chi connectivity index (χ0) is 20.9. The number of aliphatic imine (C=N–C) groups is 1. The summed E-state index contributed by atoms with van der Waals surface area (Å²) in [4.78, 5) is 33.3. The van der Waals surface area contributed by atoms with Crippen molar-refractivity contribution in [1.29, 1.82) is 0 Å². The summed E-state index contributed by atoms with van der Waals surface area (Å²) in [5, 5.41) is 0. The van der Waals surface area contributed by atoms with Gasteiger partial charge in [0.2, 0.25) is 11.9 Å². The Morgan fingerprint density at radius 3 is 2.72 bits per heavy atom. The topological polar surface area (TPSA) is 71.0 Å². The SMILES string of the molecule is C=C(C)CN1C(=O)C2C(=Nc3n(-c4ccccc4OCC)c(C)c[n+]32)N(C)C1=O. The highest BCUT2D eigenvalue weighted by molar-refractivity contribution is 6.19. The molecule has 2 aliphatic heterocycles. The average molecular weight is 394 g/mol. The second-order valence-electron chi connectivity index (χ2n) is 7.31. The summed E-state index contributed by atoms with van der Waals surface area (Å²) in [5.74, 6) is 1.44. The van der Waals surface area contributed by atoms with Crippen molar-refractivity contribution in [3.05, 3.63) is 48.3 Å². The Hall–Kier alpha value is -3.42. The van der Waals surface area contributed by atoms with Crippen LogP contribution >= 0.6 is 0 Å². The van der Waals surface area contributed by atoms with Crippen LogP contribution in [-0.4, -0.2) is 52.3 Å². The zero-order valence-corrected chi connectivity index (χ0v) is 17.0. The molecule has 8 heteroatoms. The number of imidazole rings is 1. The Morgan fingerprint density at radius 2 is 2.03 bits per heavy atom. The van der Waals surface area contributed by atoms with Gasteiger partial charge < -0.3 is 4.74 Å². The Balaban J connectivity index is 1.85. The first kappa shape index (κ1) is 18.9. The van der Waals surface area contributed by atoms with E-state index < -0.39 is 12.1 Å². The van der Waals surface area contributed by atoms with Gasteiger partial charge in [-0.3, -0.25) is 14.6 Å². The van der Waals surface area contributed by atoms with Gasteiger partial charge in [0.25, 0.3) is 5.91 Å². The summed E-state index contributed by atoms with van der Waals surface area (Å²) >= 11 is 0. The third-order valence-electron chi connectivity index (χ3n) is 5.04. The number of fused-ring (bicyclic) bond motifs is 3. The predicted molar refractivity (Wildman–Crippen MR) is 108 cm³/mol. The monoisotopic (exact) mass is 394 g/mol. The fraction of sp³-hybridized carbons (Fsp3) is 0.333. The Labute approximate surface area is 169 Å². The predicted octanol–water partition coefficient (Wildman–Crippen LogP) is 2.53. The number of nitrogens with zero attached hydrogens (tertiary/aromatic N) is 5. The third kappa shape index (κ3) is 2.83. The van der Waals surface area contributed by atoms with Crippen molar-refractivity contribution in [2.75, 3.05) is 20.2 Å². The molecule has 1 atom stereocenters. The smallest absolute Gasteiger partial charge is 0.407 e. The van der Waals surface area contributed by atoms with E-state index in [2.05, 4.69) is 11.6 Å². The molecule has 4 rings (SSSR count). The molecule has 0 aliphatic carbocycles. The van der Waals surface area contributed by atoms with Crippen LogP contribution in [0.2, 0.25) is 0 Å². The fourth-order valence-electron chi connectivity index (χ4n) is 3.82. The van der Waals surface area contributed by atoms with Crippen LogP contribution in [0.5, 0.6) is 5.75 Å². The molecule has 1 aromatic carbocycles. The molecule has 0 N–H and O–H groups in total. The highest BCUT2D eigenvalue weighted by atomic mass is 16.5. The molecule has 0 spiro atoms. The van der Waals surface area contributed by atoms with Gasteiger partial charge in [-0.2, -0.15) is 4.57 Å². The molecule has 1 unspecified atom stereocenters. The highest BCUT2D eigenvalue weighted by Gasteiger charge is 2.53. The van der Waals surface area contributed by atoms with Crippen molar-refractivity contribution in [2.24, 2.45) is 4.99 Å². The number of amidine groups is 1. The van der Waals surface area contributed by atoms with Crippen LogP contribution in [0.4, 0.5) is 10.7 Å². The number of imide groups is 1. The molecule has 0 bridgehead atoms. The summed E-state index contributed by atoms with van der Waals surface area (Å²) in [6.45, 7) is 10.2. The molecule has 2 aromatic rings. The van der Waals surface area contributed by atoms with Crippen molar-refractivity contribution in [2.45, 2.75) is 26.8 Å². The fourth-order valence-corrected chi connectivity index (χ4v) is 3.82. The molecule has 0 saturated carbocycles. The van der Waals surface area contributed by atoms with E-state index in [1.807, 2.05) is 53.4 Å². The van der Waals surface area contributed by atoms with E-state index in [9.17, 15) is 9.59 Å². The number of hydrogen-bond acceptors (Lipinski definition) is 4. The van der Waals surface area contributed by atoms with E-state index in [0.717, 1.165) is 22.7 Å². The number of likely N-dealkylation sites (N-methyl/N-ethyl adjacent to an activating group) is 1. The minimum absolute atomic E-state index is 0.189. The molecular formula is C21H24N5O3+. The Bertz CT molecular complexity index is 1070. The lowest BCUT2D eigenvalue weighted by Crippen LogP contribution is -2.62. The molecule has 1 fully saturated rings. The number of ether oxygens (including phenoxy) is 1. The summed E-state index contributed by atoms with van der Waals surface area (Å²) in [5.41, 5.74) is 2.49. The largest absolute Gasteiger partial charge is 0.490 e. The van der Waals surface area contributed by atoms with Gasteiger partial charge >= 0.3 is 12.0 Å². The maximum absolute atomic E-state index is 13.2. The van der Waals surface area contributed by atoms with Gasteiger partial charge in [-0.1, -0.05) is 29.3 Å². The molecule has 150 valence electrons. The van der Waals surface area contributed by atoms with Gasteiger partial charge in [0.15, 0.2) is 5.75 Å². The number of aromatic nitrogens is 2. The van der Waals surface area contributed by atoms with Crippen molar-refractivity contribution < 1.29 is 18.9 Å². The maximum Gasteiger partial charge on any atom is 0.407 e. The van der Waals surface area contributed by atoms with Crippen LogP contribution in [-0.2, 0) is 4.79 Å². The lowest BCUT2D eigenvalue weighted by atomic mass is 10.1. The van der Waals surface area contributed by atoms with Gasteiger partial charge in [0.05, 0.1) is 13.2 Å². The minimum atomic E-state index is -0.675. The number of para-hydroxylation sites is 2. The van der Waals surface area contributed by atoms with E-state index in [0.29, 0.717) is 18.4 Å². The van der Waals surface area contributed by atoms with E-state index in [1.54, 1.807) is 14.0 Å². The van der Waals surface area contributed by atoms with Crippen LogP contribution in [0.25, 0.3) is 5.69 Å². The third-order valence-corrected chi connectivity index (χ3v) is 5.04. The number of carbonyl (C=O) groups is 2. The van der Waals surface area contributed by atoms with Gasteiger partial charge in [-0.15, -0.1) is 0 Å². The molecule has 29 heavy (non-hydrogen) atoms. The molecule has 3 heterocycles. The van der Waals surface area contributed by atoms with Gasteiger partial charge in [-0.25, -0.2) is 9.36 Å². The number of amides is 3. The van der Waals surface area contributed by atoms with E-state index in [-0.39, 0.29) is 12.5 Å². The minimum Gasteiger partial charge on any atom is -0.490 e. The number of rotatable bonds is 5. The lowest BCUT2D eigenvalue weighted by molar-refractivity contribution is -0.676. The molecule has 1 aromatic heterocycles. The first-order valence-corrected chi connectivity index (χ1v) is 9.52. The second-order valence-corrected chi connectivity index (χ2v) is 7.31. The number of carbonyl (C=O) groups excluding carboxylic acids is 2. The molecule has 2 aliphatic rings. The van der Waals surface area contributed by atoms with E-state index >= 15 is 0 Å². The molecule has 8 nitrogen and oxygen atoms in total. The number of urea groups is 1. The number of aryl methyl sites for hydroxylation is 1. The van der Waals surface area contributed by atoms with Gasteiger partial charge in [-0.05, 0) is 32.9 Å². The standard InChI is InChI=1S/C21H24N5O3/c1-6-29-16-10-8-7-9-15(16)26-14(4)12-24-17-18(22-20(24)26)23(5)21(28)25(19(17)27)11-13(2)3/h7-10,12,17H,2,6,11H2,1,3-5H3/q+1. The van der Waals surface area contributed by atoms with Crippen molar-refractivity contribution in [3.63, 3.8) is 0 Å².